The Morgan fingerprint density at radius 1 is 0.909 bits per heavy atom. The molecule has 0 aliphatic carbocycles. The molecule has 2 aliphatic heterocycles. The Morgan fingerprint density at radius 3 is 2.32 bits per heavy atom. The van der Waals surface area contributed by atoms with E-state index in [4.69, 9.17) is 4.74 Å². The summed E-state index contributed by atoms with van der Waals surface area (Å²) in [6.45, 7) is 1.38. The molecule has 0 saturated carbocycles. The van der Waals surface area contributed by atoms with Gasteiger partial charge < -0.3 is 15.2 Å². The van der Waals surface area contributed by atoms with Gasteiger partial charge in [-0.3, -0.25) is 0 Å². The summed E-state index contributed by atoms with van der Waals surface area (Å²) in [7, 11) is 0. The summed E-state index contributed by atoms with van der Waals surface area (Å²) in [4.78, 5) is 0. The van der Waals surface area contributed by atoms with Crippen LogP contribution >= 0.6 is 0 Å². The summed E-state index contributed by atoms with van der Waals surface area (Å²) in [5.74, 6) is 0. The zero-order valence-electron chi connectivity index (χ0n) is 12.5. The van der Waals surface area contributed by atoms with Crippen LogP contribution in [0.3, 0.4) is 0 Å². The number of nitrogens with one attached hydrogen (secondary N) is 1. The molecular formula is C19H21NO2. The van der Waals surface area contributed by atoms with Gasteiger partial charge in [0, 0.05) is 12.1 Å². The highest BCUT2D eigenvalue weighted by atomic mass is 16.5. The predicted molar refractivity (Wildman–Crippen MR) is 86.5 cm³/mol. The van der Waals surface area contributed by atoms with Gasteiger partial charge in [-0.2, -0.15) is 0 Å². The summed E-state index contributed by atoms with van der Waals surface area (Å²) >= 11 is 0. The molecule has 2 aliphatic rings. The maximum Gasteiger partial charge on any atom is 0.0928 e. The molecule has 2 atom stereocenters. The zero-order chi connectivity index (χ0) is 15.0. The molecule has 2 unspecified atom stereocenters. The standard InChI is InChI=1S/C19H21NO2/c21-19(10-17-12-22-13-18(11-19)20-17)16-8-4-7-15(9-16)14-5-2-1-3-6-14/h1-9,17-18,20-21H,10-13H2. The van der Waals surface area contributed by atoms with Crippen molar-refractivity contribution in [3.63, 3.8) is 0 Å². The highest BCUT2D eigenvalue weighted by Gasteiger charge is 2.42. The second kappa shape index (κ2) is 5.51. The van der Waals surface area contributed by atoms with Gasteiger partial charge in [-0.05, 0) is 35.6 Å². The van der Waals surface area contributed by atoms with E-state index >= 15 is 0 Å². The third-order valence-electron chi connectivity index (χ3n) is 4.78. The van der Waals surface area contributed by atoms with Crippen LogP contribution in [-0.4, -0.2) is 30.4 Å². The molecule has 0 radical (unpaired) electrons. The Hall–Kier alpha value is -1.68. The van der Waals surface area contributed by atoms with E-state index in [0.717, 1.165) is 11.1 Å². The van der Waals surface area contributed by atoms with Crippen LogP contribution in [0.25, 0.3) is 11.1 Å². The average molecular weight is 295 g/mol. The van der Waals surface area contributed by atoms with Gasteiger partial charge in [0.2, 0.25) is 0 Å². The lowest BCUT2D eigenvalue weighted by Crippen LogP contribution is -2.58. The van der Waals surface area contributed by atoms with Gasteiger partial charge in [0.15, 0.2) is 0 Å². The second-order valence-electron chi connectivity index (χ2n) is 6.48. The highest BCUT2D eigenvalue weighted by molar-refractivity contribution is 5.64. The number of piperidine rings is 1. The molecule has 2 bridgehead atoms. The van der Waals surface area contributed by atoms with E-state index in [1.54, 1.807) is 0 Å². The molecule has 3 heteroatoms. The fraction of sp³-hybridized carbons (Fsp3) is 0.368. The predicted octanol–water partition coefficient (Wildman–Crippen LogP) is 2.69. The molecule has 2 heterocycles. The Bertz CT molecular complexity index is 643. The van der Waals surface area contributed by atoms with Gasteiger partial charge in [-0.15, -0.1) is 0 Å². The summed E-state index contributed by atoms with van der Waals surface area (Å²) in [5.41, 5.74) is 2.61. The van der Waals surface area contributed by atoms with Gasteiger partial charge in [0.1, 0.15) is 0 Å². The molecule has 4 rings (SSSR count). The van der Waals surface area contributed by atoms with Gasteiger partial charge in [0.05, 0.1) is 18.8 Å². The van der Waals surface area contributed by atoms with Crippen LogP contribution in [0.4, 0.5) is 0 Å². The number of ether oxygens (including phenoxy) is 1. The molecule has 0 aromatic heterocycles. The third-order valence-corrected chi connectivity index (χ3v) is 4.78. The largest absolute Gasteiger partial charge is 0.385 e. The zero-order valence-corrected chi connectivity index (χ0v) is 12.5. The third kappa shape index (κ3) is 2.56. The first kappa shape index (κ1) is 13.9. The van der Waals surface area contributed by atoms with Crippen LogP contribution < -0.4 is 5.32 Å². The number of fused-ring (bicyclic) bond motifs is 2. The lowest BCUT2D eigenvalue weighted by Gasteiger charge is -2.45. The average Bonchev–Trinajstić information content (AvgIpc) is 2.55. The van der Waals surface area contributed by atoms with E-state index in [0.29, 0.717) is 26.1 Å². The lowest BCUT2D eigenvalue weighted by molar-refractivity contribution is -0.0802. The Kier molecular flexibility index (Phi) is 3.49. The van der Waals surface area contributed by atoms with Crippen LogP contribution in [0.1, 0.15) is 18.4 Å². The maximum atomic E-state index is 11.2. The van der Waals surface area contributed by atoms with Crippen molar-refractivity contribution in [1.29, 1.82) is 0 Å². The Labute approximate surface area is 130 Å². The first-order valence-corrected chi connectivity index (χ1v) is 7.95. The van der Waals surface area contributed by atoms with Crippen molar-refractivity contribution in [2.75, 3.05) is 13.2 Å². The highest BCUT2D eigenvalue weighted by Crippen LogP contribution is 2.37. The smallest absolute Gasteiger partial charge is 0.0928 e. The van der Waals surface area contributed by atoms with E-state index in [-0.39, 0.29) is 12.1 Å². The molecule has 22 heavy (non-hydrogen) atoms. The van der Waals surface area contributed by atoms with E-state index < -0.39 is 5.60 Å². The van der Waals surface area contributed by atoms with Crippen molar-refractivity contribution < 1.29 is 9.84 Å². The molecule has 2 N–H and O–H groups in total. The number of morpholine rings is 1. The number of aliphatic hydroxyl groups is 1. The van der Waals surface area contributed by atoms with Crippen molar-refractivity contribution in [1.82, 2.24) is 5.32 Å². The topological polar surface area (TPSA) is 41.5 Å². The minimum Gasteiger partial charge on any atom is -0.385 e. The van der Waals surface area contributed by atoms with E-state index in [2.05, 4.69) is 29.6 Å². The van der Waals surface area contributed by atoms with E-state index in [9.17, 15) is 5.11 Å². The number of benzene rings is 2. The molecule has 0 amide bonds. The van der Waals surface area contributed by atoms with Crippen molar-refractivity contribution >= 4 is 0 Å². The normalized spacial score (nSPS) is 31.0. The van der Waals surface area contributed by atoms with Crippen LogP contribution in [0.5, 0.6) is 0 Å². The van der Waals surface area contributed by atoms with Gasteiger partial charge in [-0.25, -0.2) is 0 Å². The minimum atomic E-state index is -0.755. The molecule has 2 saturated heterocycles. The Morgan fingerprint density at radius 2 is 1.59 bits per heavy atom. The van der Waals surface area contributed by atoms with Crippen LogP contribution in [-0.2, 0) is 10.3 Å². The maximum absolute atomic E-state index is 11.2. The van der Waals surface area contributed by atoms with Gasteiger partial charge >= 0.3 is 0 Å². The van der Waals surface area contributed by atoms with Crippen molar-refractivity contribution in [3.05, 3.63) is 60.2 Å². The second-order valence-corrected chi connectivity index (χ2v) is 6.48. The van der Waals surface area contributed by atoms with Gasteiger partial charge in [-0.1, -0.05) is 48.5 Å². The van der Waals surface area contributed by atoms with Crippen molar-refractivity contribution in [2.45, 2.75) is 30.5 Å². The number of rotatable bonds is 2. The fourth-order valence-electron chi connectivity index (χ4n) is 3.77. The monoisotopic (exact) mass is 295 g/mol. The summed E-state index contributed by atoms with van der Waals surface area (Å²) in [5, 5.41) is 14.8. The summed E-state index contributed by atoms with van der Waals surface area (Å²) < 4.78 is 5.59. The molecular weight excluding hydrogens is 274 g/mol. The van der Waals surface area contributed by atoms with Crippen LogP contribution in [0.15, 0.2) is 54.6 Å². The fourth-order valence-corrected chi connectivity index (χ4v) is 3.77. The van der Waals surface area contributed by atoms with Crippen molar-refractivity contribution in [2.24, 2.45) is 0 Å². The molecule has 0 spiro atoms. The quantitative estimate of drug-likeness (QED) is 0.895. The summed E-state index contributed by atoms with van der Waals surface area (Å²) in [6, 6.07) is 19.2. The van der Waals surface area contributed by atoms with Crippen LogP contribution in [0, 0.1) is 0 Å². The number of hydrogen-bond donors (Lipinski definition) is 2. The van der Waals surface area contributed by atoms with Gasteiger partial charge in [0.25, 0.3) is 0 Å². The SMILES string of the molecule is OC1(c2cccc(-c3ccccc3)c2)CC2COCC(C1)N2. The lowest BCUT2D eigenvalue weighted by atomic mass is 9.77. The van der Waals surface area contributed by atoms with Crippen LogP contribution in [0.2, 0.25) is 0 Å². The molecule has 2 aromatic rings. The molecule has 114 valence electrons. The minimum absolute atomic E-state index is 0.248. The molecule has 2 aromatic carbocycles. The number of hydrogen-bond acceptors (Lipinski definition) is 3. The van der Waals surface area contributed by atoms with E-state index in [1.165, 1.54) is 5.56 Å². The Balaban J connectivity index is 1.67. The van der Waals surface area contributed by atoms with E-state index in [1.807, 2.05) is 30.3 Å². The molecule has 2 fully saturated rings. The van der Waals surface area contributed by atoms with Crippen molar-refractivity contribution in [3.8, 4) is 11.1 Å². The first-order chi connectivity index (χ1) is 10.7. The first-order valence-electron chi connectivity index (χ1n) is 7.95. The molecule has 3 nitrogen and oxygen atoms in total. The summed E-state index contributed by atoms with van der Waals surface area (Å²) in [6.07, 6.45) is 1.42.